The second-order valence-corrected chi connectivity index (χ2v) is 9.24. The molecule has 2 aromatic carbocycles. The molecule has 164 valence electrons. The van der Waals surface area contributed by atoms with Crippen molar-refractivity contribution in [1.29, 1.82) is 0 Å². The topological polar surface area (TPSA) is 67.8 Å². The maximum absolute atomic E-state index is 12.6. The van der Waals surface area contributed by atoms with Crippen molar-refractivity contribution in [3.63, 3.8) is 0 Å². The largest absolute Gasteiger partial charge is 0.384 e. The number of hydrogen-bond acceptors (Lipinski definition) is 4. The molecule has 0 aromatic heterocycles. The average Bonchev–Trinajstić information content (AvgIpc) is 3.08. The van der Waals surface area contributed by atoms with Crippen molar-refractivity contribution >= 4 is 40.6 Å². The van der Waals surface area contributed by atoms with Crippen LogP contribution in [-0.4, -0.2) is 23.4 Å². The predicted molar refractivity (Wildman–Crippen MR) is 124 cm³/mol. The number of hydrogen-bond donors (Lipinski definition) is 1. The molecule has 3 rings (SSSR count). The van der Waals surface area contributed by atoms with Crippen LogP contribution < -0.4 is 5.32 Å². The van der Waals surface area contributed by atoms with E-state index in [1.807, 2.05) is 52.0 Å². The Bertz CT molecular complexity index is 1030. The SMILES string of the molecule is Cc1cc(C2=NOC(C)(c3cc(Cl)cc(Cl)c3)C2)ccc1C(=O)CCC(=O)NC(C)C. The quantitative estimate of drug-likeness (QED) is 0.528. The number of oxime groups is 1. The van der Waals surface area contributed by atoms with Crippen molar-refractivity contribution in [3.05, 3.63) is 68.7 Å². The Labute approximate surface area is 192 Å². The van der Waals surface area contributed by atoms with Crippen LogP contribution in [0.4, 0.5) is 0 Å². The van der Waals surface area contributed by atoms with Crippen molar-refractivity contribution < 1.29 is 14.4 Å². The van der Waals surface area contributed by atoms with Gasteiger partial charge in [0.15, 0.2) is 11.4 Å². The van der Waals surface area contributed by atoms with Crippen LogP contribution in [0.1, 0.15) is 67.1 Å². The predicted octanol–water partition coefficient (Wildman–Crippen LogP) is 5.83. The van der Waals surface area contributed by atoms with Crippen LogP contribution in [0.15, 0.2) is 41.6 Å². The number of nitrogens with zero attached hydrogens (tertiary/aromatic N) is 1. The summed E-state index contributed by atoms with van der Waals surface area (Å²) >= 11 is 12.3. The number of ketones is 1. The van der Waals surface area contributed by atoms with Crippen molar-refractivity contribution in [3.8, 4) is 0 Å². The van der Waals surface area contributed by atoms with Crippen molar-refractivity contribution in [2.75, 3.05) is 0 Å². The fraction of sp³-hybridized carbons (Fsp3) is 0.375. The lowest BCUT2D eigenvalue weighted by molar-refractivity contribution is -0.121. The van der Waals surface area contributed by atoms with Crippen LogP contribution in [0.2, 0.25) is 10.0 Å². The Morgan fingerprint density at radius 2 is 1.81 bits per heavy atom. The Morgan fingerprint density at radius 1 is 1.13 bits per heavy atom. The average molecular weight is 461 g/mol. The van der Waals surface area contributed by atoms with E-state index in [1.165, 1.54) is 0 Å². The van der Waals surface area contributed by atoms with E-state index in [1.54, 1.807) is 12.1 Å². The lowest BCUT2D eigenvalue weighted by atomic mass is 9.88. The summed E-state index contributed by atoms with van der Waals surface area (Å²) in [5, 5.41) is 8.18. The van der Waals surface area contributed by atoms with Gasteiger partial charge in [-0.25, -0.2) is 0 Å². The highest BCUT2D eigenvalue weighted by atomic mass is 35.5. The summed E-state index contributed by atoms with van der Waals surface area (Å²) in [7, 11) is 0. The van der Waals surface area contributed by atoms with Gasteiger partial charge in [-0.1, -0.05) is 40.5 Å². The lowest BCUT2D eigenvalue weighted by Crippen LogP contribution is -2.30. The molecular formula is C24H26Cl2N2O3. The van der Waals surface area contributed by atoms with Gasteiger partial charge in [0.05, 0.1) is 5.71 Å². The molecule has 1 aliphatic heterocycles. The molecule has 0 aliphatic carbocycles. The third-order valence-corrected chi connectivity index (χ3v) is 5.66. The molecular weight excluding hydrogens is 435 g/mol. The second-order valence-electron chi connectivity index (χ2n) is 8.37. The van der Waals surface area contributed by atoms with Crippen molar-refractivity contribution in [1.82, 2.24) is 5.32 Å². The van der Waals surface area contributed by atoms with E-state index in [2.05, 4.69) is 10.5 Å². The summed E-state index contributed by atoms with van der Waals surface area (Å²) in [4.78, 5) is 30.2. The third-order valence-electron chi connectivity index (χ3n) is 5.22. The van der Waals surface area contributed by atoms with E-state index in [-0.39, 0.29) is 30.6 Å². The first-order valence-corrected chi connectivity index (χ1v) is 11.0. The monoisotopic (exact) mass is 460 g/mol. The van der Waals surface area contributed by atoms with E-state index in [4.69, 9.17) is 28.0 Å². The number of nitrogens with one attached hydrogen (secondary N) is 1. The van der Waals surface area contributed by atoms with Gasteiger partial charge in [0.25, 0.3) is 0 Å². The summed E-state index contributed by atoms with van der Waals surface area (Å²) in [6, 6.07) is 11.0. The van der Waals surface area contributed by atoms with Gasteiger partial charge in [-0.05, 0) is 63.1 Å². The minimum Gasteiger partial charge on any atom is -0.384 e. The highest BCUT2D eigenvalue weighted by Gasteiger charge is 2.37. The van der Waals surface area contributed by atoms with Gasteiger partial charge in [0.2, 0.25) is 5.91 Å². The van der Waals surface area contributed by atoms with Gasteiger partial charge in [-0.2, -0.15) is 0 Å². The molecule has 1 heterocycles. The molecule has 0 bridgehead atoms. The number of aryl methyl sites for hydroxylation is 1. The molecule has 7 heteroatoms. The molecule has 31 heavy (non-hydrogen) atoms. The molecule has 0 fully saturated rings. The third kappa shape index (κ3) is 5.66. The maximum Gasteiger partial charge on any atom is 0.220 e. The molecule has 1 unspecified atom stereocenters. The first kappa shape index (κ1) is 23.3. The molecule has 5 nitrogen and oxygen atoms in total. The fourth-order valence-electron chi connectivity index (χ4n) is 3.62. The molecule has 1 atom stereocenters. The minimum atomic E-state index is -0.671. The number of halogens is 2. The first-order chi connectivity index (χ1) is 14.6. The van der Waals surface area contributed by atoms with Gasteiger partial charge < -0.3 is 10.2 Å². The lowest BCUT2D eigenvalue weighted by Gasteiger charge is -2.22. The van der Waals surface area contributed by atoms with Gasteiger partial charge in [-0.3, -0.25) is 9.59 Å². The molecule has 1 aliphatic rings. The standard InChI is InChI=1S/C24H26Cl2N2O3/c1-14(2)27-23(30)8-7-22(29)20-6-5-16(9-15(20)3)21-13-24(4,31-28-21)17-10-18(25)12-19(26)11-17/h5-6,9-12,14H,7-8,13H2,1-4H3,(H,27,30). The van der Waals surface area contributed by atoms with Crippen LogP contribution in [-0.2, 0) is 15.2 Å². The zero-order valence-electron chi connectivity index (χ0n) is 18.1. The molecule has 0 radical (unpaired) electrons. The van der Waals surface area contributed by atoms with Crippen LogP contribution >= 0.6 is 23.2 Å². The second kappa shape index (κ2) is 9.41. The number of amides is 1. The highest BCUT2D eigenvalue weighted by Crippen LogP contribution is 2.38. The normalized spacial score (nSPS) is 18.0. The van der Waals surface area contributed by atoms with Gasteiger partial charge in [0.1, 0.15) is 0 Å². The van der Waals surface area contributed by atoms with Crippen molar-refractivity contribution in [2.45, 2.75) is 58.6 Å². The fourth-order valence-corrected chi connectivity index (χ4v) is 4.15. The van der Waals surface area contributed by atoms with Crippen LogP contribution in [0.25, 0.3) is 0 Å². The van der Waals surface area contributed by atoms with E-state index >= 15 is 0 Å². The number of carbonyl (C=O) groups is 2. The Balaban J connectivity index is 1.70. The van der Waals surface area contributed by atoms with Crippen LogP contribution in [0.5, 0.6) is 0 Å². The van der Waals surface area contributed by atoms with Gasteiger partial charge in [-0.15, -0.1) is 0 Å². The number of carbonyl (C=O) groups excluding carboxylic acids is 2. The zero-order chi connectivity index (χ0) is 22.8. The molecule has 0 saturated carbocycles. The number of Topliss-reactive ketones (excluding diaryl/α,β-unsaturated/α-hetero) is 1. The zero-order valence-corrected chi connectivity index (χ0v) is 19.6. The Hall–Kier alpha value is -2.37. The minimum absolute atomic E-state index is 0.0500. The summed E-state index contributed by atoms with van der Waals surface area (Å²) in [5.74, 6) is -0.165. The van der Waals surface area contributed by atoms with Crippen molar-refractivity contribution in [2.24, 2.45) is 5.16 Å². The molecule has 1 N–H and O–H groups in total. The summed E-state index contributed by atoms with van der Waals surface area (Å²) < 4.78 is 0. The smallest absolute Gasteiger partial charge is 0.220 e. The van der Waals surface area contributed by atoms with Gasteiger partial charge >= 0.3 is 0 Å². The number of benzene rings is 2. The summed E-state index contributed by atoms with van der Waals surface area (Å²) in [6.07, 6.45) is 0.904. The highest BCUT2D eigenvalue weighted by molar-refractivity contribution is 6.34. The molecule has 1 amide bonds. The van der Waals surface area contributed by atoms with E-state index in [0.29, 0.717) is 22.0 Å². The van der Waals surface area contributed by atoms with Gasteiger partial charge in [0, 0.05) is 46.5 Å². The first-order valence-electron chi connectivity index (χ1n) is 10.2. The maximum atomic E-state index is 12.6. The molecule has 0 saturated heterocycles. The summed E-state index contributed by atoms with van der Waals surface area (Å²) in [6.45, 7) is 7.61. The van der Waals surface area contributed by atoms with E-state index in [0.717, 1.165) is 22.4 Å². The van der Waals surface area contributed by atoms with E-state index < -0.39 is 5.60 Å². The molecule has 0 spiro atoms. The summed E-state index contributed by atoms with van der Waals surface area (Å²) in [5.41, 5.74) is 3.32. The van der Waals surface area contributed by atoms with E-state index in [9.17, 15) is 9.59 Å². The molecule has 2 aromatic rings. The number of rotatable bonds is 7. The van der Waals surface area contributed by atoms with Crippen LogP contribution in [0, 0.1) is 6.92 Å². The van der Waals surface area contributed by atoms with Crippen LogP contribution in [0.3, 0.4) is 0 Å². The Morgan fingerprint density at radius 3 is 2.42 bits per heavy atom. The Kier molecular flexibility index (Phi) is 7.07.